The number of hydrogen-bond acceptors (Lipinski definition) is 3. The molecule has 116 valence electrons. The molecule has 0 heterocycles. The van der Waals surface area contributed by atoms with Crippen molar-refractivity contribution in [1.82, 2.24) is 0 Å². The van der Waals surface area contributed by atoms with Crippen molar-refractivity contribution in [1.29, 1.82) is 0 Å². The van der Waals surface area contributed by atoms with Gasteiger partial charge >= 0.3 is 6.16 Å². The van der Waals surface area contributed by atoms with Crippen molar-refractivity contribution in [2.24, 2.45) is 0 Å². The van der Waals surface area contributed by atoms with Crippen LogP contribution in [0.2, 0.25) is 0 Å². The number of rotatable bonds is 3. The van der Waals surface area contributed by atoms with Crippen LogP contribution in [-0.2, 0) is 10.1 Å². The summed E-state index contributed by atoms with van der Waals surface area (Å²) in [5.41, 5.74) is 2.16. The fourth-order valence-electron chi connectivity index (χ4n) is 2.01. The van der Waals surface area contributed by atoms with Gasteiger partial charge in [0.25, 0.3) is 0 Å². The summed E-state index contributed by atoms with van der Waals surface area (Å²) in [5, 5.41) is 0.589. The van der Waals surface area contributed by atoms with E-state index >= 15 is 0 Å². The predicted octanol–water partition coefficient (Wildman–Crippen LogP) is 5.56. The summed E-state index contributed by atoms with van der Waals surface area (Å²) in [6.45, 7) is 5.42. The quantitative estimate of drug-likeness (QED) is 0.407. The highest BCUT2D eigenvalue weighted by atomic mass is 79.9. The van der Waals surface area contributed by atoms with Crippen molar-refractivity contribution in [2.75, 3.05) is 0 Å². The summed E-state index contributed by atoms with van der Waals surface area (Å²) < 4.78 is 10.8. The van der Waals surface area contributed by atoms with Crippen LogP contribution in [0.3, 0.4) is 0 Å². The van der Waals surface area contributed by atoms with E-state index in [0.29, 0.717) is 11.1 Å². The van der Waals surface area contributed by atoms with Crippen LogP contribution in [0.25, 0.3) is 11.1 Å². The Hall–Kier alpha value is -1.81. The van der Waals surface area contributed by atoms with E-state index in [0.717, 1.165) is 16.7 Å². The lowest BCUT2D eigenvalue weighted by molar-refractivity contribution is 0.0206. The normalized spacial score (nSPS) is 11.1. The standard InChI is InChI=1S/C18H19BrO3/c1-18(2,3)22-17(20)21-16-14(12-19)10-7-11-15(16)13-8-5-4-6-9-13/h4-11H,12H2,1-3H3. The minimum Gasteiger partial charge on any atom is -0.428 e. The van der Waals surface area contributed by atoms with Gasteiger partial charge in [0.05, 0.1) is 0 Å². The van der Waals surface area contributed by atoms with E-state index in [1.807, 2.05) is 69.3 Å². The monoisotopic (exact) mass is 362 g/mol. The molecule has 0 aliphatic rings. The first-order valence-corrected chi connectivity index (χ1v) is 8.17. The fraction of sp³-hybridized carbons (Fsp3) is 0.278. The molecule has 0 fully saturated rings. The van der Waals surface area contributed by atoms with Gasteiger partial charge in [-0.05, 0) is 26.3 Å². The summed E-state index contributed by atoms with van der Waals surface area (Å²) in [7, 11) is 0. The Morgan fingerprint density at radius 2 is 1.73 bits per heavy atom. The molecule has 0 saturated heterocycles. The van der Waals surface area contributed by atoms with E-state index in [-0.39, 0.29) is 0 Å². The van der Waals surface area contributed by atoms with Gasteiger partial charge in [-0.25, -0.2) is 4.79 Å². The maximum atomic E-state index is 12.0. The molecule has 0 radical (unpaired) electrons. The summed E-state index contributed by atoms with van der Waals surface area (Å²) in [6.07, 6.45) is -0.696. The Kier molecular flexibility index (Phi) is 5.24. The topological polar surface area (TPSA) is 35.5 Å². The van der Waals surface area contributed by atoms with Crippen molar-refractivity contribution >= 4 is 22.1 Å². The summed E-state index contributed by atoms with van der Waals surface area (Å²) in [6, 6.07) is 15.6. The van der Waals surface area contributed by atoms with E-state index in [4.69, 9.17) is 9.47 Å². The maximum absolute atomic E-state index is 12.0. The van der Waals surface area contributed by atoms with Crippen LogP contribution in [0, 0.1) is 0 Å². The number of halogens is 1. The van der Waals surface area contributed by atoms with Gasteiger partial charge < -0.3 is 9.47 Å². The third-order valence-electron chi connectivity index (χ3n) is 2.90. The van der Waals surface area contributed by atoms with E-state index in [1.165, 1.54) is 0 Å². The smallest absolute Gasteiger partial charge is 0.428 e. The predicted molar refractivity (Wildman–Crippen MR) is 91.4 cm³/mol. The van der Waals surface area contributed by atoms with Crippen LogP contribution in [-0.4, -0.2) is 11.8 Å². The lowest BCUT2D eigenvalue weighted by Crippen LogP contribution is -2.26. The van der Waals surface area contributed by atoms with Crippen LogP contribution >= 0.6 is 15.9 Å². The van der Waals surface area contributed by atoms with E-state index < -0.39 is 11.8 Å². The Labute approximate surface area is 139 Å². The van der Waals surface area contributed by atoms with Gasteiger partial charge in [0.1, 0.15) is 11.4 Å². The van der Waals surface area contributed by atoms with Gasteiger partial charge in [-0.2, -0.15) is 0 Å². The van der Waals surface area contributed by atoms with Gasteiger partial charge in [-0.1, -0.05) is 64.5 Å². The SMILES string of the molecule is CC(C)(C)OC(=O)Oc1c(CBr)cccc1-c1ccccc1. The molecule has 0 atom stereocenters. The van der Waals surface area contributed by atoms with Gasteiger partial charge in [0.15, 0.2) is 0 Å². The molecule has 0 amide bonds. The number of carbonyl (C=O) groups is 1. The third kappa shape index (κ3) is 4.34. The summed E-state index contributed by atoms with van der Waals surface area (Å²) >= 11 is 3.43. The molecular weight excluding hydrogens is 344 g/mol. The molecule has 0 saturated carbocycles. The number of para-hydroxylation sites is 1. The summed E-state index contributed by atoms with van der Waals surface area (Å²) in [5.74, 6) is 0.528. The molecular formula is C18H19BrO3. The Bertz CT molecular complexity index is 645. The average molecular weight is 363 g/mol. The Balaban J connectivity index is 2.38. The Morgan fingerprint density at radius 3 is 2.32 bits per heavy atom. The molecule has 0 spiro atoms. The van der Waals surface area contributed by atoms with E-state index in [2.05, 4.69) is 15.9 Å². The molecule has 0 bridgehead atoms. The highest BCUT2D eigenvalue weighted by molar-refractivity contribution is 9.08. The number of benzene rings is 2. The lowest BCUT2D eigenvalue weighted by Gasteiger charge is -2.20. The second kappa shape index (κ2) is 6.97. The van der Waals surface area contributed by atoms with E-state index in [9.17, 15) is 4.79 Å². The van der Waals surface area contributed by atoms with Gasteiger partial charge in [0.2, 0.25) is 0 Å². The molecule has 2 aromatic carbocycles. The largest absolute Gasteiger partial charge is 0.514 e. The molecule has 2 rings (SSSR count). The zero-order valence-electron chi connectivity index (χ0n) is 12.9. The van der Waals surface area contributed by atoms with Crippen molar-refractivity contribution in [3.8, 4) is 16.9 Å². The molecule has 0 aromatic heterocycles. The number of carbonyl (C=O) groups excluding carboxylic acids is 1. The second-order valence-electron chi connectivity index (χ2n) is 5.86. The van der Waals surface area contributed by atoms with Crippen molar-refractivity contribution in [3.63, 3.8) is 0 Å². The number of hydrogen-bond donors (Lipinski definition) is 0. The molecule has 22 heavy (non-hydrogen) atoms. The molecule has 4 heteroatoms. The molecule has 0 aliphatic heterocycles. The first kappa shape index (κ1) is 16.6. The molecule has 3 nitrogen and oxygen atoms in total. The van der Waals surface area contributed by atoms with Gasteiger partial charge in [0, 0.05) is 16.5 Å². The minimum absolute atomic E-state index is 0.528. The fourth-order valence-corrected chi connectivity index (χ4v) is 2.45. The highest BCUT2D eigenvalue weighted by Crippen LogP contribution is 2.34. The highest BCUT2D eigenvalue weighted by Gasteiger charge is 2.21. The first-order valence-electron chi connectivity index (χ1n) is 7.05. The summed E-state index contributed by atoms with van der Waals surface area (Å²) in [4.78, 5) is 12.0. The first-order chi connectivity index (χ1) is 10.4. The third-order valence-corrected chi connectivity index (χ3v) is 3.50. The van der Waals surface area contributed by atoms with Crippen molar-refractivity contribution < 1.29 is 14.3 Å². The molecule has 0 N–H and O–H groups in total. The Morgan fingerprint density at radius 1 is 1.05 bits per heavy atom. The van der Waals surface area contributed by atoms with Crippen LogP contribution in [0.5, 0.6) is 5.75 Å². The van der Waals surface area contributed by atoms with E-state index in [1.54, 1.807) is 0 Å². The lowest BCUT2D eigenvalue weighted by atomic mass is 10.0. The zero-order valence-corrected chi connectivity index (χ0v) is 14.5. The molecule has 0 aliphatic carbocycles. The minimum atomic E-state index is -0.696. The molecule has 2 aromatic rings. The number of alkyl halides is 1. The van der Waals surface area contributed by atoms with Crippen LogP contribution < -0.4 is 4.74 Å². The van der Waals surface area contributed by atoms with Crippen LogP contribution in [0.4, 0.5) is 4.79 Å². The number of ether oxygens (including phenoxy) is 2. The van der Waals surface area contributed by atoms with Gasteiger partial charge in [-0.3, -0.25) is 0 Å². The van der Waals surface area contributed by atoms with Crippen molar-refractivity contribution in [2.45, 2.75) is 31.7 Å². The average Bonchev–Trinajstić information content (AvgIpc) is 2.46. The molecule has 0 unspecified atom stereocenters. The maximum Gasteiger partial charge on any atom is 0.514 e. The van der Waals surface area contributed by atoms with Crippen LogP contribution in [0.1, 0.15) is 26.3 Å². The van der Waals surface area contributed by atoms with Crippen LogP contribution in [0.15, 0.2) is 48.5 Å². The van der Waals surface area contributed by atoms with Crippen molar-refractivity contribution in [3.05, 3.63) is 54.1 Å². The van der Waals surface area contributed by atoms with Gasteiger partial charge in [-0.15, -0.1) is 0 Å². The zero-order chi connectivity index (χ0) is 16.2. The second-order valence-corrected chi connectivity index (χ2v) is 6.42.